The number of likely N-dealkylation sites (tertiary alicyclic amines) is 1. The van der Waals surface area contributed by atoms with Gasteiger partial charge in [-0.2, -0.15) is 0 Å². The molecule has 1 aliphatic rings. The van der Waals surface area contributed by atoms with E-state index in [-0.39, 0.29) is 25.0 Å². The quantitative estimate of drug-likeness (QED) is 0.513. The lowest BCUT2D eigenvalue weighted by Gasteiger charge is -2.10. The zero-order valence-corrected chi connectivity index (χ0v) is 6.68. The lowest BCUT2D eigenvalue weighted by atomic mass is 9.98. The van der Waals surface area contributed by atoms with Gasteiger partial charge in [0, 0.05) is 38.1 Å². The number of carbonyl (C=O) groups is 1. The van der Waals surface area contributed by atoms with Crippen molar-refractivity contribution >= 4 is 6.09 Å². The molecule has 1 aliphatic heterocycles. The number of amides is 1. The monoisotopic (exact) mass is 175 g/mol. The van der Waals surface area contributed by atoms with Crippen molar-refractivity contribution in [2.75, 3.05) is 26.3 Å². The summed E-state index contributed by atoms with van der Waals surface area (Å²) in [5.74, 6) is -0.211. The SMILES string of the molecule is O=C(O)N1C[C@H](CO)[C@@H](CO)C1. The van der Waals surface area contributed by atoms with E-state index in [0.29, 0.717) is 13.1 Å². The van der Waals surface area contributed by atoms with Crippen LogP contribution in [0.3, 0.4) is 0 Å². The Kier molecular flexibility index (Phi) is 2.88. The molecule has 70 valence electrons. The number of nitrogens with zero attached hydrogens (tertiary/aromatic N) is 1. The predicted molar refractivity (Wildman–Crippen MR) is 40.7 cm³/mol. The number of carboxylic acid groups (broad SMARTS) is 1. The van der Waals surface area contributed by atoms with Crippen LogP contribution in [0.1, 0.15) is 0 Å². The maximum Gasteiger partial charge on any atom is 0.407 e. The summed E-state index contributed by atoms with van der Waals surface area (Å²) in [5, 5.41) is 26.3. The van der Waals surface area contributed by atoms with Gasteiger partial charge in [-0.3, -0.25) is 0 Å². The second kappa shape index (κ2) is 3.73. The van der Waals surface area contributed by atoms with Crippen molar-refractivity contribution in [1.82, 2.24) is 4.90 Å². The summed E-state index contributed by atoms with van der Waals surface area (Å²) in [7, 11) is 0. The summed E-state index contributed by atoms with van der Waals surface area (Å²) >= 11 is 0. The van der Waals surface area contributed by atoms with E-state index in [9.17, 15) is 4.79 Å². The van der Waals surface area contributed by atoms with Gasteiger partial charge in [-0.15, -0.1) is 0 Å². The van der Waals surface area contributed by atoms with Crippen LogP contribution in [0.4, 0.5) is 4.79 Å². The molecule has 1 amide bonds. The van der Waals surface area contributed by atoms with Crippen LogP contribution in [0.5, 0.6) is 0 Å². The molecule has 0 radical (unpaired) electrons. The minimum atomic E-state index is -0.982. The van der Waals surface area contributed by atoms with Crippen molar-refractivity contribution in [3.63, 3.8) is 0 Å². The molecule has 0 aromatic carbocycles. The Morgan fingerprint density at radius 1 is 1.25 bits per heavy atom. The van der Waals surface area contributed by atoms with Crippen LogP contribution in [-0.4, -0.2) is 52.6 Å². The fourth-order valence-corrected chi connectivity index (χ4v) is 1.51. The molecule has 1 heterocycles. The molecule has 12 heavy (non-hydrogen) atoms. The van der Waals surface area contributed by atoms with Crippen LogP contribution in [0.2, 0.25) is 0 Å². The molecular weight excluding hydrogens is 162 g/mol. The topological polar surface area (TPSA) is 81.0 Å². The summed E-state index contributed by atoms with van der Waals surface area (Å²) in [6.07, 6.45) is -0.982. The van der Waals surface area contributed by atoms with E-state index in [4.69, 9.17) is 15.3 Å². The summed E-state index contributed by atoms with van der Waals surface area (Å²) in [5.41, 5.74) is 0. The Morgan fingerprint density at radius 3 is 1.92 bits per heavy atom. The van der Waals surface area contributed by atoms with Gasteiger partial charge < -0.3 is 20.2 Å². The Labute approximate surface area is 70.2 Å². The molecule has 0 aromatic rings. The molecule has 2 atom stereocenters. The molecule has 1 rings (SSSR count). The van der Waals surface area contributed by atoms with Gasteiger partial charge in [-0.05, 0) is 0 Å². The molecular formula is C7H13NO4. The molecule has 1 saturated heterocycles. The van der Waals surface area contributed by atoms with Crippen LogP contribution in [0.25, 0.3) is 0 Å². The molecule has 0 aliphatic carbocycles. The van der Waals surface area contributed by atoms with E-state index in [1.54, 1.807) is 0 Å². The van der Waals surface area contributed by atoms with Crippen molar-refractivity contribution < 1.29 is 20.1 Å². The van der Waals surface area contributed by atoms with Gasteiger partial charge in [0.2, 0.25) is 0 Å². The molecule has 0 bridgehead atoms. The predicted octanol–water partition coefficient (Wildman–Crippen LogP) is -0.803. The summed E-state index contributed by atoms with van der Waals surface area (Å²) in [6, 6.07) is 0. The Balaban J connectivity index is 2.53. The first-order valence-corrected chi connectivity index (χ1v) is 3.88. The van der Waals surface area contributed by atoms with Crippen molar-refractivity contribution in [3.8, 4) is 0 Å². The highest BCUT2D eigenvalue weighted by molar-refractivity contribution is 5.65. The van der Waals surface area contributed by atoms with Crippen LogP contribution in [0, 0.1) is 11.8 Å². The average molecular weight is 175 g/mol. The van der Waals surface area contributed by atoms with Crippen LogP contribution in [-0.2, 0) is 0 Å². The molecule has 1 fully saturated rings. The van der Waals surface area contributed by atoms with Crippen molar-refractivity contribution in [1.29, 1.82) is 0 Å². The fourth-order valence-electron chi connectivity index (χ4n) is 1.51. The first-order chi connectivity index (χ1) is 5.69. The minimum Gasteiger partial charge on any atom is -0.465 e. The van der Waals surface area contributed by atoms with Gasteiger partial charge in [0.05, 0.1) is 0 Å². The van der Waals surface area contributed by atoms with E-state index < -0.39 is 6.09 Å². The molecule has 0 spiro atoms. The lowest BCUT2D eigenvalue weighted by Crippen LogP contribution is -2.27. The first-order valence-electron chi connectivity index (χ1n) is 3.88. The number of hydrogen-bond acceptors (Lipinski definition) is 3. The zero-order valence-electron chi connectivity index (χ0n) is 6.68. The van der Waals surface area contributed by atoms with Crippen LogP contribution >= 0.6 is 0 Å². The Bertz CT molecular complexity index is 161. The molecule has 3 N–H and O–H groups in total. The second-order valence-electron chi connectivity index (χ2n) is 3.07. The summed E-state index contributed by atoms with van der Waals surface area (Å²) in [6.45, 7) is 0.540. The fraction of sp³-hybridized carbons (Fsp3) is 0.857. The normalized spacial score (nSPS) is 29.3. The van der Waals surface area contributed by atoms with Crippen molar-refractivity contribution in [3.05, 3.63) is 0 Å². The van der Waals surface area contributed by atoms with E-state index in [2.05, 4.69) is 0 Å². The number of aliphatic hydroxyl groups is 2. The standard InChI is InChI=1S/C7H13NO4/c9-3-5-1-8(7(11)12)2-6(5)4-10/h5-6,9-10H,1-4H2,(H,11,12)/t5-,6-/m1/s1. The Morgan fingerprint density at radius 2 is 1.67 bits per heavy atom. The molecule has 0 aromatic heterocycles. The van der Waals surface area contributed by atoms with E-state index in [1.807, 2.05) is 0 Å². The van der Waals surface area contributed by atoms with E-state index in [1.165, 1.54) is 4.90 Å². The minimum absolute atomic E-state index is 0.0605. The van der Waals surface area contributed by atoms with E-state index >= 15 is 0 Å². The van der Waals surface area contributed by atoms with Gasteiger partial charge in [-0.25, -0.2) is 4.79 Å². The molecule has 5 heteroatoms. The van der Waals surface area contributed by atoms with Gasteiger partial charge in [0.1, 0.15) is 0 Å². The number of aliphatic hydroxyl groups excluding tert-OH is 2. The number of hydrogen-bond donors (Lipinski definition) is 3. The molecule has 0 unspecified atom stereocenters. The largest absolute Gasteiger partial charge is 0.465 e. The Hall–Kier alpha value is -0.810. The van der Waals surface area contributed by atoms with Gasteiger partial charge >= 0.3 is 6.09 Å². The van der Waals surface area contributed by atoms with Crippen LogP contribution in [0.15, 0.2) is 0 Å². The van der Waals surface area contributed by atoms with Gasteiger partial charge in [0.25, 0.3) is 0 Å². The second-order valence-corrected chi connectivity index (χ2v) is 3.07. The highest BCUT2D eigenvalue weighted by atomic mass is 16.4. The maximum absolute atomic E-state index is 10.5. The third kappa shape index (κ3) is 1.67. The van der Waals surface area contributed by atoms with Gasteiger partial charge in [0.15, 0.2) is 0 Å². The lowest BCUT2D eigenvalue weighted by molar-refractivity contribution is 0.150. The molecule has 5 nitrogen and oxygen atoms in total. The zero-order chi connectivity index (χ0) is 9.14. The smallest absolute Gasteiger partial charge is 0.407 e. The first kappa shape index (κ1) is 9.28. The van der Waals surface area contributed by atoms with Crippen molar-refractivity contribution in [2.24, 2.45) is 11.8 Å². The van der Waals surface area contributed by atoms with Gasteiger partial charge in [-0.1, -0.05) is 0 Å². The van der Waals surface area contributed by atoms with Crippen molar-refractivity contribution in [2.45, 2.75) is 0 Å². The maximum atomic E-state index is 10.5. The highest BCUT2D eigenvalue weighted by Gasteiger charge is 2.33. The molecule has 0 saturated carbocycles. The average Bonchev–Trinajstić information content (AvgIpc) is 2.46. The summed E-state index contributed by atoms with van der Waals surface area (Å²) < 4.78 is 0. The van der Waals surface area contributed by atoms with E-state index in [0.717, 1.165) is 0 Å². The summed E-state index contributed by atoms with van der Waals surface area (Å²) in [4.78, 5) is 11.7. The van der Waals surface area contributed by atoms with Crippen LogP contribution < -0.4 is 0 Å². The highest BCUT2D eigenvalue weighted by Crippen LogP contribution is 2.22. The number of rotatable bonds is 2. The third-order valence-corrected chi connectivity index (χ3v) is 2.32. The third-order valence-electron chi connectivity index (χ3n) is 2.32.